The molecule has 3 aromatic carbocycles. The summed E-state index contributed by atoms with van der Waals surface area (Å²) in [5, 5.41) is 33.2. The molecule has 0 fully saturated rings. The third kappa shape index (κ3) is 3.60. The first-order chi connectivity index (χ1) is 13.9. The number of carbonyl (C=O) groups excluding carboxylic acids is 1. The molecule has 4 aromatic rings. The number of furan rings is 1. The lowest BCUT2D eigenvalue weighted by Crippen LogP contribution is -2.23. The van der Waals surface area contributed by atoms with Gasteiger partial charge < -0.3 is 25.1 Å². The average Bonchev–Trinajstić information content (AvgIpc) is 3.01. The summed E-state index contributed by atoms with van der Waals surface area (Å²) in [6.45, 7) is 2.05. The van der Waals surface area contributed by atoms with Gasteiger partial charge in [-0.15, -0.1) is 0 Å². The monoisotopic (exact) mass is 389 g/mol. The molecule has 0 aliphatic heterocycles. The number of rotatable bonds is 4. The van der Waals surface area contributed by atoms with Gasteiger partial charge in [-0.3, -0.25) is 4.79 Å². The van der Waals surface area contributed by atoms with Gasteiger partial charge in [-0.25, -0.2) is 0 Å². The predicted molar refractivity (Wildman–Crippen MR) is 109 cm³/mol. The van der Waals surface area contributed by atoms with Gasteiger partial charge >= 0.3 is 0 Å². The summed E-state index contributed by atoms with van der Waals surface area (Å²) in [6.07, 6.45) is 0. The molecule has 146 valence electrons. The minimum absolute atomic E-state index is 0.0959. The minimum atomic E-state index is -0.374. The molecule has 6 nitrogen and oxygen atoms in total. The molecule has 4 rings (SSSR count). The second kappa shape index (κ2) is 7.24. The Kier molecular flexibility index (Phi) is 4.60. The van der Waals surface area contributed by atoms with Crippen molar-refractivity contribution in [3.8, 4) is 28.4 Å². The summed E-state index contributed by atoms with van der Waals surface area (Å²) >= 11 is 0. The molecule has 0 aliphatic carbocycles. The van der Waals surface area contributed by atoms with Crippen LogP contribution in [0.3, 0.4) is 0 Å². The molecule has 1 heterocycles. The largest absolute Gasteiger partial charge is 0.508 e. The second-order valence-electron chi connectivity index (χ2n) is 6.81. The van der Waals surface area contributed by atoms with Crippen molar-refractivity contribution >= 4 is 16.9 Å². The normalized spacial score (nSPS) is 10.9. The van der Waals surface area contributed by atoms with E-state index in [-0.39, 0.29) is 28.7 Å². The van der Waals surface area contributed by atoms with Crippen LogP contribution in [0.5, 0.6) is 17.2 Å². The van der Waals surface area contributed by atoms with E-state index in [0.29, 0.717) is 34.4 Å². The fraction of sp³-hybridized carbons (Fsp3) is 0.0870. The van der Waals surface area contributed by atoms with Crippen LogP contribution < -0.4 is 5.32 Å². The molecule has 0 radical (unpaired) electrons. The van der Waals surface area contributed by atoms with Gasteiger partial charge in [0.1, 0.15) is 28.6 Å². The number of fused-ring (bicyclic) bond motifs is 1. The fourth-order valence-electron chi connectivity index (χ4n) is 3.47. The van der Waals surface area contributed by atoms with Gasteiger partial charge in [-0.2, -0.15) is 0 Å². The SMILES string of the molecule is Cc1oc2cc(O)cc(C(=O)NCc3ccccc3)c2c1-c1cc(O)cc(O)c1. The molecule has 6 heteroatoms. The van der Waals surface area contributed by atoms with Crippen LogP contribution >= 0.6 is 0 Å². The number of amides is 1. The van der Waals surface area contributed by atoms with Crippen molar-refractivity contribution in [3.05, 3.63) is 77.6 Å². The number of phenolic OH excluding ortho intramolecular Hbond substituents is 3. The van der Waals surface area contributed by atoms with Crippen molar-refractivity contribution < 1.29 is 24.5 Å². The summed E-state index contributed by atoms with van der Waals surface area (Å²) in [5.74, 6) is -0.194. The van der Waals surface area contributed by atoms with Crippen LogP contribution in [0, 0.1) is 6.92 Å². The average molecular weight is 389 g/mol. The van der Waals surface area contributed by atoms with Crippen molar-refractivity contribution in [1.82, 2.24) is 5.32 Å². The van der Waals surface area contributed by atoms with Crippen LogP contribution in [0.25, 0.3) is 22.1 Å². The van der Waals surface area contributed by atoms with Crippen LogP contribution in [0.2, 0.25) is 0 Å². The Bertz CT molecular complexity index is 1190. The van der Waals surface area contributed by atoms with Crippen LogP contribution in [-0.2, 0) is 6.54 Å². The van der Waals surface area contributed by atoms with E-state index in [0.717, 1.165) is 5.56 Å². The lowest BCUT2D eigenvalue weighted by Gasteiger charge is -2.09. The van der Waals surface area contributed by atoms with Crippen molar-refractivity contribution in [1.29, 1.82) is 0 Å². The van der Waals surface area contributed by atoms with Crippen LogP contribution in [0.1, 0.15) is 21.7 Å². The van der Waals surface area contributed by atoms with Crippen LogP contribution in [0.15, 0.2) is 65.1 Å². The van der Waals surface area contributed by atoms with Gasteiger partial charge in [0.25, 0.3) is 5.91 Å². The van der Waals surface area contributed by atoms with E-state index in [2.05, 4.69) is 5.32 Å². The maximum atomic E-state index is 12.9. The Morgan fingerprint density at radius 3 is 2.28 bits per heavy atom. The summed E-state index contributed by atoms with van der Waals surface area (Å²) in [5.41, 5.74) is 2.59. The molecule has 1 aromatic heterocycles. The number of nitrogens with one attached hydrogen (secondary N) is 1. The number of benzene rings is 3. The zero-order valence-electron chi connectivity index (χ0n) is 15.6. The minimum Gasteiger partial charge on any atom is -0.508 e. The third-order valence-corrected chi connectivity index (χ3v) is 4.68. The quantitative estimate of drug-likeness (QED) is 0.413. The summed E-state index contributed by atoms with van der Waals surface area (Å²) < 4.78 is 5.76. The highest BCUT2D eigenvalue weighted by molar-refractivity contribution is 6.12. The standard InChI is InChI=1S/C23H19NO5/c1-13-21(15-7-16(25)9-17(26)8-15)22-19(10-18(27)11-20(22)29-13)23(28)24-12-14-5-3-2-4-6-14/h2-11,25-27H,12H2,1H3,(H,24,28). The molecule has 4 N–H and O–H groups in total. The molecular formula is C23H19NO5. The zero-order valence-corrected chi connectivity index (χ0v) is 15.6. The Morgan fingerprint density at radius 2 is 1.59 bits per heavy atom. The first kappa shape index (κ1) is 18.4. The Morgan fingerprint density at radius 1 is 0.931 bits per heavy atom. The summed E-state index contributed by atoms with van der Waals surface area (Å²) in [4.78, 5) is 12.9. The van der Waals surface area contributed by atoms with Gasteiger partial charge in [0.05, 0.1) is 5.56 Å². The first-order valence-electron chi connectivity index (χ1n) is 9.04. The highest BCUT2D eigenvalue weighted by Gasteiger charge is 2.22. The van der Waals surface area contributed by atoms with Gasteiger partial charge in [0.15, 0.2) is 0 Å². The highest BCUT2D eigenvalue weighted by atomic mass is 16.3. The molecule has 29 heavy (non-hydrogen) atoms. The topological polar surface area (TPSA) is 103 Å². The van der Waals surface area contributed by atoms with Gasteiger partial charge in [-0.1, -0.05) is 30.3 Å². The number of hydrogen-bond donors (Lipinski definition) is 4. The van der Waals surface area contributed by atoms with Crippen molar-refractivity contribution in [2.45, 2.75) is 13.5 Å². The maximum absolute atomic E-state index is 12.9. The number of phenols is 3. The molecule has 0 atom stereocenters. The number of hydrogen-bond acceptors (Lipinski definition) is 5. The van der Waals surface area contributed by atoms with Crippen LogP contribution in [-0.4, -0.2) is 21.2 Å². The van der Waals surface area contributed by atoms with E-state index in [4.69, 9.17) is 4.42 Å². The molecule has 0 saturated carbocycles. The molecule has 0 unspecified atom stereocenters. The summed E-state index contributed by atoms with van der Waals surface area (Å²) in [7, 11) is 0. The van der Waals surface area contributed by atoms with Gasteiger partial charge in [0, 0.05) is 29.6 Å². The highest BCUT2D eigenvalue weighted by Crippen LogP contribution is 2.40. The molecule has 0 bridgehead atoms. The molecule has 0 aliphatic rings. The smallest absolute Gasteiger partial charge is 0.252 e. The Balaban J connectivity index is 1.82. The summed E-state index contributed by atoms with van der Waals surface area (Å²) in [6, 6.07) is 16.5. The second-order valence-corrected chi connectivity index (χ2v) is 6.81. The Labute approximate surface area is 166 Å². The Hall–Kier alpha value is -3.93. The lowest BCUT2D eigenvalue weighted by molar-refractivity contribution is 0.0952. The van der Waals surface area contributed by atoms with E-state index >= 15 is 0 Å². The molecular weight excluding hydrogens is 370 g/mol. The van der Waals surface area contributed by atoms with Crippen molar-refractivity contribution in [3.63, 3.8) is 0 Å². The molecule has 1 amide bonds. The number of aryl methyl sites for hydroxylation is 1. The van der Waals surface area contributed by atoms with E-state index in [1.54, 1.807) is 6.92 Å². The van der Waals surface area contributed by atoms with E-state index in [9.17, 15) is 20.1 Å². The number of carbonyl (C=O) groups is 1. The van der Waals surface area contributed by atoms with Crippen molar-refractivity contribution in [2.24, 2.45) is 0 Å². The van der Waals surface area contributed by atoms with E-state index in [1.165, 1.54) is 30.3 Å². The van der Waals surface area contributed by atoms with E-state index < -0.39 is 0 Å². The van der Waals surface area contributed by atoms with E-state index in [1.807, 2.05) is 30.3 Å². The molecule has 0 saturated heterocycles. The van der Waals surface area contributed by atoms with Gasteiger partial charge in [-0.05, 0) is 36.2 Å². The fourth-order valence-corrected chi connectivity index (χ4v) is 3.47. The zero-order chi connectivity index (χ0) is 20.5. The van der Waals surface area contributed by atoms with Gasteiger partial charge in [0.2, 0.25) is 0 Å². The lowest BCUT2D eigenvalue weighted by atomic mass is 9.97. The third-order valence-electron chi connectivity index (χ3n) is 4.68. The number of aromatic hydroxyl groups is 3. The maximum Gasteiger partial charge on any atom is 0.252 e. The van der Waals surface area contributed by atoms with Crippen LogP contribution in [0.4, 0.5) is 0 Å². The first-order valence-corrected chi connectivity index (χ1v) is 9.04. The predicted octanol–water partition coefficient (Wildman–Crippen LogP) is 4.46. The van der Waals surface area contributed by atoms with Crippen molar-refractivity contribution in [2.75, 3.05) is 0 Å². The molecule has 0 spiro atoms.